The van der Waals surface area contributed by atoms with Crippen LogP contribution in [0.2, 0.25) is 0 Å². The minimum Gasteiger partial charge on any atom is -0.486 e. The molecule has 0 radical (unpaired) electrons. The van der Waals surface area contributed by atoms with Gasteiger partial charge in [0, 0.05) is 18.3 Å². The van der Waals surface area contributed by atoms with Crippen LogP contribution in [0.3, 0.4) is 0 Å². The molecule has 0 saturated heterocycles. The number of rotatable bonds is 6. The van der Waals surface area contributed by atoms with Crippen molar-refractivity contribution in [2.24, 2.45) is 0 Å². The van der Waals surface area contributed by atoms with Gasteiger partial charge in [0.05, 0.1) is 17.6 Å². The van der Waals surface area contributed by atoms with E-state index in [2.05, 4.69) is 15.3 Å². The highest BCUT2D eigenvalue weighted by Crippen LogP contribution is 2.19. The lowest BCUT2D eigenvalue weighted by Crippen LogP contribution is -2.16. The molecule has 3 rings (SSSR count). The van der Waals surface area contributed by atoms with E-state index in [9.17, 15) is 0 Å². The molecular weight excluding hydrogens is 250 g/mol. The van der Waals surface area contributed by atoms with Crippen molar-refractivity contribution < 1.29 is 4.74 Å². The molecule has 20 heavy (non-hydrogen) atoms. The van der Waals surface area contributed by atoms with E-state index in [0.29, 0.717) is 12.6 Å². The van der Waals surface area contributed by atoms with Crippen LogP contribution in [0.4, 0.5) is 0 Å². The van der Waals surface area contributed by atoms with Gasteiger partial charge in [0.1, 0.15) is 12.4 Å². The number of ether oxygens (including phenoxy) is 1. The summed E-state index contributed by atoms with van der Waals surface area (Å²) in [7, 11) is 0. The predicted octanol–water partition coefficient (Wildman–Crippen LogP) is 2.62. The van der Waals surface area contributed by atoms with Crippen molar-refractivity contribution in [3.8, 4) is 5.75 Å². The molecule has 104 valence electrons. The molecule has 2 aromatic rings. The van der Waals surface area contributed by atoms with Crippen molar-refractivity contribution in [3.05, 3.63) is 53.6 Å². The highest BCUT2D eigenvalue weighted by Gasteiger charge is 2.19. The van der Waals surface area contributed by atoms with Crippen LogP contribution in [0, 0.1) is 6.92 Å². The Labute approximate surface area is 119 Å². The Balaban J connectivity index is 1.52. The Morgan fingerprint density at radius 2 is 2.10 bits per heavy atom. The van der Waals surface area contributed by atoms with Crippen LogP contribution in [0.5, 0.6) is 5.75 Å². The molecule has 0 bridgehead atoms. The first-order valence-electron chi connectivity index (χ1n) is 7.03. The minimum absolute atomic E-state index is 0.475. The largest absolute Gasteiger partial charge is 0.486 e. The number of pyridine rings is 2. The summed E-state index contributed by atoms with van der Waals surface area (Å²) >= 11 is 0. The topological polar surface area (TPSA) is 47.0 Å². The van der Waals surface area contributed by atoms with Crippen LogP contribution in [0.15, 0.2) is 36.5 Å². The van der Waals surface area contributed by atoms with Crippen LogP contribution in [0.1, 0.15) is 29.9 Å². The smallest absolute Gasteiger partial charge is 0.138 e. The second kappa shape index (κ2) is 6.01. The van der Waals surface area contributed by atoms with Crippen molar-refractivity contribution in [1.29, 1.82) is 0 Å². The molecule has 0 amide bonds. The molecule has 4 heteroatoms. The number of nitrogens with one attached hydrogen (secondary N) is 1. The number of aromatic nitrogens is 2. The van der Waals surface area contributed by atoms with E-state index < -0.39 is 0 Å². The molecule has 2 heterocycles. The fourth-order valence-corrected chi connectivity index (χ4v) is 1.97. The van der Waals surface area contributed by atoms with Gasteiger partial charge in [-0.3, -0.25) is 9.97 Å². The van der Waals surface area contributed by atoms with E-state index in [1.165, 1.54) is 12.8 Å². The monoisotopic (exact) mass is 269 g/mol. The fraction of sp³-hybridized carbons (Fsp3) is 0.375. The van der Waals surface area contributed by atoms with Gasteiger partial charge in [0.25, 0.3) is 0 Å². The van der Waals surface area contributed by atoms with Crippen LogP contribution in [0.25, 0.3) is 0 Å². The van der Waals surface area contributed by atoms with Gasteiger partial charge in [-0.15, -0.1) is 0 Å². The van der Waals surface area contributed by atoms with E-state index in [1.807, 2.05) is 37.3 Å². The molecule has 0 aromatic carbocycles. The minimum atomic E-state index is 0.475. The number of hydrogen-bond donors (Lipinski definition) is 1. The summed E-state index contributed by atoms with van der Waals surface area (Å²) in [4.78, 5) is 8.81. The van der Waals surface area contributed by atoms with Gasteiger partial charge in [-0.2, -0.15) is 0 Å². The van der Waals surface area contributed by atoms with Crippen LogP contribution in [-0.2, 0) is 13.2 Å². The van der Waals surface area contributed by atoms with Crippen molar-refractivity contribution in [2.45, 2.75) is 39.0 Å². The third-order valence-corrected chi connectivity index (χ3v) is 3.28. The second-order valence-electron chi connectivity index (χ2n) is 5.20. The van der Waals surface area contributed by atoms with Gasteiger partial charge < -0.3 is 10.1 Å². The quantitative estimate of drug-likeness (QED) is 0.875. The van der Waals surface area contributed by atoms with Gasteiger partial charge in [-0.25, -0.2) is 0 Å². The van der Waals surface area contributed by atoms with E-state index >= 15 is 0 Å². The molecule has 2 aromatic heterocycles. The molecule has 1 saturated carbocycles. The molecule has 1 aliphatic carbocycles. The standard InChI is InChI=1S/C16H19N3O/c1-12-3-2-4-15(19-12)11-20-16-8-7-14(18-10-16)9-17-13-5-6-13/h2-4,7-8,10,13,17H,5-6,9,11H2,1H3. The van der Waals surface area contributed by atoms with E-state index in [1.54, 1.807) is 6.20 Å². The molecule has 4 nitrogen and oxygen atoms in total. The lowest BCUT2D eigenvalue weighted by atomic mass is 10.3. The average molecular weight is 269 g/mol. The molecule has 1 aliphatic rings. The Hall–Kier alpha value is -1.94. The van der Waals surface area contributed by atoms with E-state index in [4.69, 9.17) is 4.74 Å². The third-order valence-electron chi connectivity index (χ3n) is 3.28. The Morgan fingerprint density at radius 3 is 2.80 bits per heavy atom. The summed E-state index contributed by atoms with van der Waals surface area (Å²) in [6.07, 6.45) is 4.37. The summed E-state index contributed by atoms with van der Waals surface area (Å²) < 4.78 is 5.69. The Bertz CT molecular complexity index is 564. The fourth-order valence-electron chi connectivity index (χ4n) is 1.97. The highest BCUT2D eigenvalue weighted by atomic mass is 16.5. The zero-order valence-corrected chi connectivity index (χ0v) is 11.7. The first-order chi connectivity index (χ1) is 9.79. The van der Waals surface area contributed by atoms with E-state index in [-0.39, 0.29) is 0 Å². The highest BCUT2D eigenvalue weighted by molar-refractivity contribution is 5.20. The van der Waals surface area contributed by atoms with Crippen molar-refractivity contribution in [3.63, 3.8) is 0 Å². The maximum Gasteiger partial charge on any atom is 0.138 e. The molecule has 0 unspecified atom stereocenters. The summed E-state index contributed by atoms with van der Waals surface area (Å²) in [5, 5.41) is 3.44. The van der Waals surface area contributed by atoms with Gasteiger partial charge in [0.15, 0.2) is 0 Å². The van der Waals surface area contributed by atoms with Crippen molar-refractivity contribution in [2.75, 3.05) is 0 Å². The summed E-state index contributed by atoms with van der Waals surface area (Å²) in [6.45, 7) is 3.29. The normalized spacial score (nSPS) is 14.2. The molecule has 0 spiro atoms. The SMILES string of the molecule is Cc1cccc(COc2ccc(CNC3CC3)nc2)n1. The first-order valence-corrected chi connectivity index (χ1v) is 7.03. The zero-order chi connectivity index (χ0) is 13.8. The first kappa shape index (κ1) is 13.1. The molecular formula is C16H19N3O. The molecule has 0 atom stereocenters. The zero-order valence-electron chi connectivity index (χ0n) is 11.7. The van der Waals surface area contributed by atoms with Gasteiger partial charge >= 0.3 is 0 Å². The Kier molecular flexibility index (Phi) is 3.92. The second-order valence-corrected chi connectivity index (χ2v) is 5.20. The third kappa shape index (κ3) is 3.78. The lowest BCUT2D eigenvalue weighted by molar-refractivity contribution is 0.299. The van der Waals surface area contributed by atoms with Crippen molar-refractivity contribution in [1.82, 2.24) is 15.3 Å². The maximum atomic E-state index is 5.69. The molecule has 1 N–H and O–H groups in total. The summed E-state index contributed by atoms with van der Waals surface area (Å²) in [6, 6.07) is 10.6. The average Bonchev–Trinajstić information content (AvgIpc) is 3.28. The lowest BCUT2D eigenvalue weighted by Gasteiger charge is -2.07. The maximum absolute atomic E-state index is 5.69. The predicted molar refractivity (Wildman–Crippen MR) is 77.4 cm³/mol. The van der Waals surface area contributed by atoms with Crippen molar-refractivity contribution >= 4 is 0 Å². The van der Waals surface area contributed by atoms with Gasteiger partial charge in [0.2, 0.25) is 0 Å². The number of nitrogens with zero attached hydrogens (tertiary/aromatic N) is 2. The van der Waals surface area contributed by atoms with Crippen LogP contribution >= 0.6 is 0 Å². The van der Waals surface area contributed by atoms with Gasteiger partial charge in [-0.1, -0.05) is 6.07 Å². The van der Waals surface area contributed by atoms with Crippen LogP contribution < -0.4 is 10.1 Å². The Morgan fingerprint density at radius 1 is 1.20 bits per heavy atom. The van der Waals surface area contributed by atoms with Gasteiger partial charge in [-0.05, 0) is 44.0 Å². The molecule has 1 fully saturated rings. The number of aryl methyl sites for hydroxylation is 1. The summed E-state index contributed by atoms with van der Waals surface area (Å²) in [5.41, 5.74) is 2.99. The van der Waals surface area contributed by atoms with E-state index in [0.717, 1.165) is 29.4 Å². The number of hydrogen-bond acceptors (Lipinski definition) is 4. The summed E-state index contributed by atoms with van der Waals surface area (Å²) in [5.74, 6) is 0.781. The molecule has 0 aliphatic heterocycles. The van der Waals surface area contributed by atoms with Crippen LogP contribution in [-0.4, -0.2) is 16.0 Å².